The van der Waals surface area contributed by atoms with Gasteiger partial charge in [-0.3, -0.25) is 10.1 Å². The molecule has 6 nitrogen and oxygen atoms in total. The molecule has 0 saturated carbocycles. The summed E-state index contributed by atoms with van der Waals surface area (Å²) in [6.45, 7) is 3.51. The SMILES string of the molecule is [CH2]c1ccc([N+](=O)[O-])c(OS(C)(=O)=O)c1. The van der Waals surface area contributed by atoms with Crippen LogP contribution < -0.4 is 4.18 Å². The van der Waals surface area contributed by atoms with E-state index >= 15 is 0 Å². The largest absolute Gasteiger partial charge is 0.375 e. The van der Waals surface area contributed by atoms with Crippen LogP contribution in [0, 0.1) is 17.0 Å². The number of benzene rings is 1. The first-order valence-corrected chi connectivity index (χ1v) is 5.61. The monoisotopic (exact) mass is 230 g/mol. The molecule has 0 bridgehead atoms. The molecule has 0 fully saturated rings. The second-order valence-electron chi connectivity index (χ2n) is 2.85. The van der Waals surface area contributed by atoms with E-state index in [0.717, 1.165) is 12.3 Å². The molecule has 0 spiro atoms. The summed E-state index contributed by atoms with van der Waals surface area (Å²) in [4.78, 5) is 9.81. The fraction of sp³-hybridized carbons (Fsp3) is 0.125. The predicted molar refractivity (Wildman–Crippen MR) is 53.0 cm³/mol. The molecular weight excluding hydrogens is 222 g/mol. The van der Waals surface area contributed by atoms with Crippen molar-refractivity contribution in [2.45, 2.75) is 0 Å². The average Bonchev–Trinajstić information content (AvgIpc) is 1.99. The second kappa shape index (κ2) is 3.85. The van der Waals surface area contributed by atoms with E-state index in [1.807, 2.05) is 0 Å². The molecule has 0 N–H and O–H groups in total. The van der Waals surface area contributed by atoms with Crippen LogP contribution in [0.15, 0.2) is 18.2 Å². The molecule has 81 valence electrons. The maximum atomic E-state index is 10.8. The van der Waals surface area contributed by atoms with Gasteiger partial charge in [0.1, 0.15) is 0 Å². The molecule has 0 aliphatic rings. The minimum atomic E-state index is -3.78. The Labute approximate surface area is 86.8 Å². The molecule has 0 unspecified atom stereocenters. The van der Waals surface area contributed by atoms with E-state index in [-0.39, 0.29) is 5.75 Å². The van der Waals surface area contributed by atoms with Gasteiger partial charge in [-0.15, -0.1) is 0 Å². The summed E-state index contributed by atoms with van der Waals surface area (Å²) in [5.74, 6) is -0.324. The van der Waals surface area contributed by atoms with Crippen LogP contribution in [0.2, 0.25) is 0 Å². The molecule has 0 aliphatic heterocycles. The fourth-order valence-corrected chi connectivity index (χ4v) is 1.40. The quantitative estimate of drug-likeness (QED) is 0.441. The third-order valence-corrected chi connectivity index (χ3v) is 1.94. The first-order valence-electron chi connectivity index (χ1n) is 3.79. The molecule has 15 heavy (non-hydrogen) atoms. The van der Waals surface area contributed by atoms with Crippen LogP contribution in [0.4, 0.5) is 5.69 Å². The summed E-state index contributed by atoms with van der Waals surface area (Å²) < 4.78 is 26.1. The van der Waals surface area contributed by atoms with Crippen molar-refractivity contribution in [3.8, 4) is 5.75 Å². The summed E-state index contributed by atoms with van der Waals surface area (Å²) in [6, 6.07) is 3.73. The van der Waals surface area contributed by atoms with E-state index < -0.39 is 20.7 Å². The van der Waals surface area contributed by atoms with Gasteiger partial charge in [0.05, 0.1) is 11.2 Å². The minimum absolute atomic E-state index is 0.324. The van der Waals surface area contributed by atoms with Crippen LogP contribution >= 0.6 is 0 Å². The molecule has 0 heterocycles. The van der Waals surface area contributed by atoms with E-state index in [4.69, 9.17) is 0 Å². The normalized spacial score (nSPS) is 11.1. The van der Waals surface area contributed by atoms with Crippen molar-refractivity contribution < 1.29 is 17.5 Å². The van der Waals surface area contributed by atoms with E-state index in [1.165, 1.54) is 12.1 Å². The highest BCUT2D eigenvalue weighted by atomic mass is 32.2. The lowest BCUT2D eigenvalue weighted by atomic mass is 10.2. The Kier molecular flexibility index (Phi) is 2.94. The van der Waals surface area contributed by atoms with Crippen molar-refractivity contribution in [3.05, 3.63) is 40.8 Å². The molecule has 0 aromatic heterocycles. The van der Waals surface area contributed by atoms with Crippen LogP contribution in [0.25, 0.3) is 0 Å². The lowest BCUT2D eigenvalue weighted by Crippen LogP contribution is -2.07. The maximum Gasteiger partial charge on any atom is 0.312 e. The lowest BCUT2D eigenvalue weighted by molar-refractivity contribution is -0.385. The third-order valence-electron chi connectivity index (χ3n) is 1.46. The number of hydrogen-bond acceptors (Lipinski definition) is 5. The summed E-state index contributed by atoms with van der Waals surface area (Å²) in [6.07, 6.45) is 0.812. The highest BCUT2D eigenvalue weighted by molar-refractivity contribution is 7.86. The topological polar surface area (TPSA) is 86.5 Å². The van der Waals surface area contributed by atoms with Gasteiger partial charge in [0, 0.05) is 6.07 Å². The Morgan fingerprint density at radius 2 is 2.07 bits per heavy atom. The van der Waals surface area contributed by atoms with Gasteiger partial charge in [-0.25, -0.2) is 0 Å². The summed E-state index contributed by atoms with van der Waals surface area (Å²) in [7, 11) is -3.78. The number of nitro groups is 1. The summed E-state index contributed by atoms with van der Waals surface area (Å²) in [5, 5.41) is 10.5. The highest BCUT2D eigenvalue weighted by Crippen LogP contribution is 2.28. The van der Waals surface area contributed by atoms with Crippen molar-refractivity contribution in [1.82, 2.24) is 0 Å². The van der Waals surface area contributed by atoms with E-state index in [2.05, 4.69) is 11.1 Å². The van der Waals surface area contributed by atoms with Crippen molar-refractivity contribution in [1.29, 1.82) is 0 Å². The van der Waals surface area contributed by atoms with Gasteiger partial charge in [-0.1, -0.05) is 6.07 Å². The Balaban J connectivity index is 3.25. The van der Waals surface area contributed by atoms with Crippen molar-refractivity contribution >= 4 is 15.8 Å². The van der Waals surface area contributed by atoms with E-state index in [0.29, 0.717) is 5.56 Å². The van der Waals surface area contributed by atoms with E-state index in [1.54, 1.807) is 0 Å². The smallest absolute Gasteiger partial charge is 0.312 e. The van der Waals surface area contributed by atoms with Crippen molar-refractivity contribution in [2.24, 2.45) is 0 Å². The molecule has 0 saturated heterocycles. The molecule has 1 aromatic carbocycles. The number of nitrogens with zero attached hydrogens (tertiary/aromatic N) is 1. The molecule has 1 aromatic rings. The lowest BCUT2D eigenvalue weighted by Gasteiger charge is -2.04. The van der Waals surface area contributed by atoms with Crippen LogP contribution in [0.1, 0.15) is 5.56 Å². The van der Waals surface area contributed by atoms with Crippen molar-refractivity contribution in [3.63, 3.8) is 0 Å². The zero-order valence-corrected chi connectivity index (χ0v) is 8.65. The Hall–Kier alpha value is -1.63. The Morgan fingerprint density at radius 1 is 1.47 bits per heavy atom. The zero-order valence-electron chi connectivity index (χ0n) is 7.84. The number of nitro benzene ring substituents is 1. The predicted octanol–water partition coefficient (Wildman–Crippen LogP) is 1.12. The molecule has 0 amide bonds. The standard InChI is InChI=1S/C8H8NO5S/c1-6-3-4-7(9(10)11)8(5-6)14-15(2,12)13/h3-5H,1H2,2H3. The Bertz CT molecular complexity index is 494. The summed E-state index contributed by atoms with van der Waals surface area (Å²) >= 11 is 0. The minimum Gasteiger partial charge on any atom is -0.375 e. The molecular formula is C8H8NO5S. The molecule has 1 radical (unpaired) electrons. The molecule has 0 atom stereocenters. The van der Waals surface area contributed by atoms with Crippen molar-refractivity contribution in [2.75, 3.05) is 6.26 Å². The zero-order chi connectivity index (χ0) is 11.6. The first kappa shape index (κ1) is 11.4. The van der Waals surface area contributed by atoms with Crippen LogP contribution in [0.3, 0.4) is 0 Å². The van der Waals surface area contributed by atoms with Crippen LogP contribution in [-0.4, -0.2) is 19.6 Å². The molecule has 1 rings (SSSR count). The maximum absolute atomic E-state index is 10.8. The number of rotatable bonds is 3. The van der Waals surface area contributed by atoms with Gasteiger partial charge in [-0.05, 0) is 18.6 Å². The van der Waals surface area contributed by atoms with Crippen LogP contribution in [-0.2, 0) is 10.1 Å². The third kappa shape index (κ3) is 3.21. The molecule has 7 heteroatoms. The van der Waals surface area contributed by atoms with Gasteiger partial charge in [0.15, 0.2) is 0 Å². The van der Waals surface area contributed by atoms with Gasteiger partial charge >= 0.3 is 15.8 Å². The second-order valence-corrected chi connectivity index (χ2v) is 4.42. The van der Waals surface area contributed by atoms with Gasteiger partial charge in [-0.2, -0.15) is 8.42 Å². The van der Waals surface area contributed by atoms with Gasteiger partial charge in [0.2, 0.25) is 5.75 Å². The van der Waals surface area contributed by atoms with E-state index in [9.17, 15) is 18.5 Å². The molecule has 0 aliphatic carbocycles. The van der Waals surface area contributed by atoms with Gasteiger partial charge < -0.3 is 4.18 Å². The average molecular weight is 230 g/mol. The highest BCUT2D eigenvalue weighted by Gasteiger charge is 2.18. The van der Waals surface area contributed by atoms with Crippen LogP contribution in [0.5, 0.6) is 5.75 Å². The number of hydrogen-bond donors (Lipinski definition) is 0. The Morgan fingerprint density at radius 3 is 2.53 bits per heavy atom. The fourth-order valence-electron chi connectivity index (χ4n) is 0.939. The summed E-state index contributed by atoms with van der Waals surface area (Å²) in [5.41, 5.74) is 0.0204. The van der Waals surface area contributed by atoms with Gasteiger partial charge in [0.25, 0.3) is 0 Å². The first-order chi connectivity index (χ1) is 6.79.